The van der Waals surface area contributed by atoms with E-state index >= 15 is 0 Å². The van der Waals surface area contributed by atoms with Crippen LogP contribution in [0.15, 0.2) is 18.2 Å². The molecule has 1 rings (SSSR count). The average Bonchev–Trinajstić information content (AvgIpc) is 2.58. The van der Waals surface area contributed by atoms with Gasteiger partial charge < -0.3 is 5.11 Å². The summed E-state index contributed by atoms with van der Waals surface area (Å²) in [5.74, 6) is -0.475. The summed E-state index contributed by atoms with van der Waals surface area (Å²) < 4.78 is 28.4. The van der Waals surface area contributed by atoms with Crippen molar-refractivity contribution in [3.8, 4) is 5.75 Å². The SMILES string of the molecule is CC(=O)Nc1cccc([As](=O)(O)O)c1O.CCCCC(C)C(C)CCC(=O)O. The number of phenols is 1. The molecule has 2 atom stereocenters. The van der Waals surface area contributed by atoms with E-state index in [-0.39, 0.29) is 5.69 Å². The zero-order valence-corrected chi connectivity index (χ0v) is 18.8. The van der Waals surface area contributed by atoms with Crippen LogP contribution in [0.4, 0.5) is 5.69 Å². The molecule has 0 spiro atoms. The van der Waals surface area contributed by atoms with E-state index in [1.54, 1.807) is 0 Å². The van der Waals surface area contributed by atoms with Crippen LogP contribution in [-0.2, 0) is 13.3 Å². The maximum atomic E-state index is 11.0. The summed E-state index contributed by atoms with van der Waals surface area (Å²) in [7, 11) is 0. The molecule has 9 heteroatoms. The number of carboxylic acids is 1. The molecule has 0 fully saturated rings. The van der Waals surface area contributed by atoms with Crippen molar-refractivity contribution in [2.45, 2.75) is 59.8 Å². The molecular formula is C19H32AsNO7. The van der Waals surface area contributed by atoms with Gasteiger partial charge >= 0.3 is 94.1 Å². The number of rotatable bonds is 9. The molecule has 0 saturated heterocycles. The molecule has 0 bridgehead atoms. The molecule has 0 aromatic heterocycles. The number of hydrogen-bond acceptors (Lipinski definition) is 4. The van der Waals surface area contributed by atoms with E-state index in [0.29, 0.717) is 18.3 Å². The number of para-hydroxylation sites is 1. The summed E-state index contributed by atoms with van der Waals surface area (Å²) in [6.45, 7) is 7.80. The van der Waals surface area contributed by atoms with Crippen LogP contribution in [0.5, 0.6) is 5.75 Å². The molecule has 2 unspecified atom stereocenters. The van der Waals surface area contributed by atoms with Gasteiger partial charge in [0, 0.05) is 6.42 Å². The fourth-order valence-corrected chi connectivity index (χ4v) is 3.92. The fourth-order valence-electron chi connectivity index (χ4n) is 2.50. The number of unbranched alkanes of at least 4 members (excludes halogenated alkanes) is 1. The maximum absolute atomic E-state index is 11.0. The molecule has 1 aromatic carbocycles. The molecule has 0 aliphatic heterocycles. The van der Waals surface area contributed by atoms with Gasteiger partial charge in [-0.15, -0.1) is 0 Å². The topological polar surface area (TPSA) is 144 Å². The molecule has 8 nitrogen and oxygen atoms in total. The number of carboxylic acid groups (broad SMARTS) is 1. The molecule has 5 N–H and O–H groups in total. The van der Waals surface area contributed by atoms with Crippen molar-refractivity contribution in [3.05, 3.63) is 18.2 Å². The predicted octanol–water partition coefficient (Wildman–Crippen LogP) is 2.23. The summed E-state index contributed by atoms with van der Waals surface area (Å²) in [4.78, 5) is 21.1. The Labute approximate surface area is 169 Å². The van der Waals surface area contributed by atoms with Crippen molar-refractivity contribution in [1.29, 1.82) is 0 Å². The molecule has 160 valence electrons. The summed E-state index contributed by atoms with van der Waals surface area (Å²) in [6, 6.07) is 3.83. The van der Waals surface area contributed by atoms with Gasteiger partial charge in [-0.3, -0.25) is 4.79 Å². The third-order valence-electron chi connectivity index (χ3n) is 4.44. The third-order valence-corrected chi connectivity index (χ3v) is 6.51. The third kappa shape index (κ3) is 10.5. The van der Waals surface area contributed by atoms with Gasteiger partial charge in [0.2, 0.25) is 0 Å². The summed E-state index contributed by atoms with van der Waals surface area (Å²) in [5, 5.41) is 20.3. The quantitative estimate of drug-likeness (QED) is 0.280. The van der Waals surface area contributed by atoms with Gasteiger partial charge in [0.05, 0.1) is 0 Å². The first-order chi connectivity index (χ1) is 12.9. The normalized spacial score (nSPS) is 13.1. The number of carbonyl (C=O) groups is 2. The van der Waals surface area contributed by atoms with Crippen LogP contribution < -0.4 is 9.67 Å². The van der Waals surface area contributed by atoms with Crippen LogP contribution in [0.25, 0.3) is 0 Å². The maximum Gasteiger partial charge on any atom is 0.303 e. The van der Waals surface area contributed by atoms with E-state index in [1.165, 1.54) is 38.3 Å². The van der Waals surface area contributed by atoms with Gasteiger partial charge in [-0.1, -0.05) is 40.0 Å². The van der Waals surface area contributed by atoms with Crippen LogP contribution in [0, 0.1) is 11.8 Å². The fraction of sp³-hybridized carbons (Fsp3) is 0.579. The molecule has 28 heavy (non-hydrogen) atoms. The number of nitrogens with one attached hydrogen (secondary N) is 1. The Morgan fingerprint density at radius 1 is 1.14 bits per heavy atom. The Balaban J connectivity index is 0.000000528. The van der Waals surface area contributed by atoms with Crippen LogP contribution in [0.3, 0.4) is 0 Å². The van der Waals surface area contributed by atoms with Gasteiger partial charge in [-0.05, 0) is 18.3 Å². The molecule has 0 saturated carbocycles. The van der Waals surface area contributed by atoms with E-state index in [4.69, 9.17) is 13.3 Å². The second kappa shape index (κ2) is 12.6. The van der Waals surface area contributed by atoms with E-state index in [9.17, 15) is 18.4 Å². The molecule has 0 aliphatic carbocycles. The van der Waals surface area contributed by atoms with Gasteiger partial charge in [0.1, 0.15) is 0 Å². The minimum Gasteiger partial charge on any atom is -0.481 e. The minimum absolute atomic E-state index is 0.00951. The number of carbonyl (C=O) groups excluding carboxylic acids is 1. The first-order valence-corrected chi connectivity index (χ1v) is 12.7. The van der Waals surface area contributed by atoms with Crippen molar-refractivity contribution < 1.29 is 31.7 Å². The molecule has 1 amide bonds. The van der Waals surface area contributed by atoms with Gasteiger partial charge in [-0.2, -0.15) is 0 Å². The number of hydrogen-bond donors (Lipinski definition) is 5. The first kappa shape index (κ1) is 26.2. The smallest absolute Gasteiger partial charge is 0.303 e. The van der Waals surface area contributed by atoms with E-state index in [1.807, 2.05) is 0 Å². The van der Waals surface area contributed by atoms with Crippen molar-refractivity contribution >= 4 is 36.1 Å². The second-order valence-corrected chi connectivity index (χ2v) is 10.2. The number of amides is 1. The average molecular weight is 461 g/mol. The summed E-state index contributed by atoms with van der Waals surface area (Å²) >= 11 is -5.15. The largest absolute Gasteiger partial charge is 0.481 e. The summed E-state index contributed by atoms with van der Waals surface area (Å²) in [6.07, 6.45) is 4.86. The van der Waals surface area contributed by atoms with Crippen molar-refractivity contribution in [2.24, 2.45) is 11.8 Å². The number of phenolic OH excluding ortho intramolecular Hbond substituents is 1. The van der Waals surface area contributed by atoms with Crippen molar-refractivity contribution in [1.82, 2.24) is 0 Å². The number of anilines is 1. The van der Waals surface area contributed by atoms with Crippen LogP contribution >= 0.6 is 0 Å². The molecular weight excluding hydrogens is 429 g/mol. The number of aromatic hydroxyl groups is 1. The monoisotopic (exact) mass is 461 g/mol. The molecule has 0 aliphatic rings. The Morgan fingerprint density at radius 2 is 1.71 bits per heavy atom. The van der Waals surface area contributed by atoms with Gasteiger partial charge in [0.15, 0.2) is 0 Å². The molecule has 1 aromatic rings. The Hall–Kier alpha value is -1.76. The minimum atomic E-state index is -5.15. The van der Waals surface area contributed by atoms with Crippen molar-refractivity contribution in [2.75, 3.05) is 5.32 Å². The Morgan fingerprint density at radius 3 is 2.18 bits per heavy atom. The standard InChI is InChI=1S/C11H22O2.C8H10AsNO5/c1-4-5-6-9(2)10(3)7-8-11(12)13;1-5(11)10-7-4-2-3-6(8(7)12)9(13,14)15/h9-10H,4-8H2,1-3H3,(H,12,13);2-4,12H,1H3,(H,10,11)(H2,13,14,15). The predicted molar refractivity (Wildman–Crippen MR) is 108 cm³/mol. The van der Waals surface area contributed by atoms with E-state index in [0.717, 1.165) is 12.5 Å². The van der Waals surface area contributed by atoms with Crippen LogP contribution in [-0.4, -0.2) is 44.5 Å². The summed E-state index contributed by atoms with van der Waals surface area (Å²) in [5.41, 5.74) is -0.00951. The molecule has 0 heterocycles. The van der Waals surface area contributed by atoms with Gasteiger partial charge in [-0.25, -0.2) is 0 Å². The van der Waals surface area contributed by atoms with Crippen LogP contribution in [0.1, 0.15) is 59.8 Å². The van der Waals surface area contributed by atoms with E-state index in [2.05, 4.69) is 26.1 Å². The number of benzene rings is 1. The Kier molecular flexibility index (Phi) is 11.9. The Bertz CT molecular complexity index is 687. The van der Waals surface area contributed by atoms with Crippen molar-refractivity contribution in [3.63, 3.8) is 0 Å². The van der Waals surface area contributed by atoms with Crippen LogP contribution in [0.2, 0.25) is 0 Å². The second-order valence-electron chi connectivity index (χ2n) is 6.93. The molecule has 0 radical (unpaired) electrons. The zero-order valence-electron chi connectivity index (χ0n) is 16.9. The zero-order chi connectivity index (χ0) is 21.9. The number of aliphatic carboxylic acids is 1. The first-order valence-electron chi connectivity index (χ1n) is 9.27. The van der Waals surface area contributed by atoms with E-state index < -0.39 is 36.1 Å². The van der Waals surface area contributed by atoms with Gasteiger partial charge in [0.25, 0.3) is 0 Å².